The van der Waals surface area contributed by atoms with Crippen molar-refractivity contribution in [3.63, 3.8) is 0 Å². The summed E-state index contributed by atoms with van der Waals surface area (Å²) in [5, 5.41) is 0. The predicted molar refractivity (Wildman–Crippen MR) is 146 cm³/mol. The van der Waals surface area contributed by atoms with Gasteiger partial charge in [0.05, 0.1) is 0 Å². The number of hydrogen-bond acceptors (Lipinski definition) is 0. The van der Waals surface area contributed by atoms with E-state index in [0.717, 1.165) is 0 Å². The van der Waals surface area contributed by atoms with Gasteiger partial charge in [-0.15, -0.1) is 0 Å². The summed E-state index contributed by atoms with van der Waals surface area (Å²) in [4.78, 5) is 0. The van der Waals surface area contributed by atoms with Gasteiger partial charge in [0.15, 0.2) is 0 Å². The van der Waals surface area contributed by atoms with Crippen LogP contribution in [0.4, 0.5) is 0 Å². The van der Waals surface area contributed by atoms with E-state index in [9.17, 15) is 0 Å². The summed E-state index contributed by atoms with van der Waals surface area (Å²) >= 11 is -1.02. The van der Waals surface area contributed by atoms with Crippen LogP contribution in [0.25, 0.3) is 23.3 Å². The van der Waals surface area contributed by atoms with Gasteiger partial charge in [-0.1, -0.05) is 0 Å². The molecule has 0 spiro atoms. The molecular formula is C34H30Cl2Zr. The molecule has 6 rings (SSSR count). The first kappa shape index (κ1) is 27.8. The Hall–Kier alpha value is -2.18. The third-order valence-electron chi connectivity index (χ3n) is 7.52. The van der Waals surface area contributed by atoms with Gasteiger partial charge in [-0.3, -0.25) is 0 Å². The number of aryl methyl sites for hydroxylation is 4. The van der Waals surface area contributed by atoms with E-state index in [1.54, 1.807) is 11.1 Å². The van der Waals surface area contributed by atoms with Gasteiger partial charge in [-0.2, -0.15) is 0 Å². The third kappa shape index (κ3) is 5.12. The van der Waals surface area contributed by atoms with Crippen molar-refractivity contribution in [2.45, 2.75) is 34.9 Å². The first-order valence-electron chi connectivity index (χ1n) is 12.5. The topological polar surface area (TPSA) is 0 Å². The largest absolute Gasteiger partial charge is 1.00 e. The fourth-order valence-electron chi connectivity index (χ4n) is 5.99. The quantitative estimate of drug-likeness (QED) is 0.338. The summed E-state index contributed by atoms with van der Waals surface area (Å²) in [6.45, 7) is 9.07. The number of rotatable bonds is 4. The van der Waals surface area contributed by atoms with Gasteiger partial charge in [0.25, 0.3) is 0 Å². The zero-order valence-corrected chi connectivity index (χ0v) is 25.6. The standard InChI is InChI=1S/2C17H15.2ClH.Zr/c2*1-12-8-13(2)17-11-15(10-16(17)9-12)14-6-4-3-5-7-14;;;/h2*3-11H,1-2H3;2*1H;/q;;;;+2/p-2. The van der Waals surface area contributed by atoms with E-state index in [1.807, 2.05) is 0 Å². The van der Waals surface area contributed by atoms with Crippen molar-refractivity contribution in [2.24, 2.45) is 0 Å². The second-order valence-corrected chi connectivity index (χ2v) is 13.8. The van der Waals surface area contributed by atoms with E-state index in [2.05, 4.69) is 125 Å². The van der Waals surface area contributed by atoms with E-state index in [1.165, 1.54) is 55.7 Å². The second-order valence-electron chi connectivity index (χ2n) is 10.1. The summed E-state index contributed by atoms with van der Waals surface area (Å²) in [5.41, 5.74) is 17.5. The van der Waals surface area contributed by atoms with Gasteiger partial charge in [-0.05, 0) is 0 Å². The van der Waals surface area contributed by atoms with E-state index in [-0.39, 0.29) is 24.8 Å². The Kier molecular flexibility index (Phi) is 8.49. The summed E-state index contributed by atoms with van der Waals surface area (Å²) in [6, 6.07) is 31.9. The first-order chi connectivity index (χ1) is 17.0. The molecule has 0 amide bonds. The van der Waals surface area contributed by atoms with Crippen LogP contribution in [0.3, 0.4) is 0 Å². The number of benzene rings is 4. The molecule has 37 heavy (non-hydrogen) atoms. The van der Waals surface area contributed by atoms with Crippen LogP contribution < -0.4 is 24.8 Å². The fraction of sp³-hybridized carbons (Fsp3) is 0.176. The van der Waals surface area contributed by atoms with Gasteiger partial charge in [0.1, 0.15) is 0 Å². The maximum atomic E-state index is 2.51. The Labute approximate surface area is 245 Å². The average Bonchev–Trinajstić information content (AvgIpc) is 3.40. The van der Waals surface area contributed by atoms with Crippen molar-refractivity contribution in [3.05, 3.63) is 141 Å². The summed E-state index contributed by atoms with van der Waals surface area (Å²) in [5.74, 6) is 0. The molecular weight excluding hydrogens is 571 g/mol. The van der Waals surface area contributed by atoms with Crippen LogP contribution in [0.15, 0.2) is 84.9 Å². The molecule has 0 fully saturated rings. The van der Waals surface area contributed by atoms with Gasteiger partial charge < -0.3 is 24.8 Å². The van der Waals surface area contributed by atoms with Crippen LogP contribution in [-0.4, -0.2) is 0 Å². The van der Waals surface area contributed by atoms with E-state index >= 15 is 0 Å². The van der Waals surface area contributed by atoms with Gasteiger partial charge in [-0.25, -0.2) is 0 Å². The van der Waals surface area contributed by atoms with Crippen LogP contribution >= 0.6 is 0 Å². The van der Waals surface area contributed by atoms with Gasteiger partial charge in [0, 0.05) is 0 Å². The van der Waals surface area contributed by atoms with Crippen molar-refractivity contribution >= 4 is 23.3 Å². The van der Waals surface area contributed by atoms with Crippen LogP contribution in [0.1, 0.15) is 62.9 Å². The number of fused-ring (bicyclic) bond motifs is 2. The van der Waals surface area contributed by atoms with E-state index < -0.39 is 23.2 Å². The van der Waals surface area contributed by atoms with Crippen LogP contribution in [0, 0.1) is 27.7 Å². The van der Waals surface area contributed by atoms with Crippen molar-refractivity contribution in [2.75, 3.05) is 0 Å². The molecule has 0 bridgehead atoms. The molecule has 2 unspecified atom stereocenters. The molecule has 0 nitrogen and oxygen atoms in total. The molecule has 3 heteroatoms. The van der Waals surface area contributed by atoms with Crippen molar-refractivity contribution in [1.29, 1.82) is 0 Å². The van der Waals surface area contributed by atoms with Crippen LogP contribution in [0.2, 0.25) is 0 Å². The molecule has 0 aliphatic heterocycles. The normalized spacial score (nSPS) is 17.0. The average molecular weight is 601 g/mol. The maximum absolute atomic E-state index is 2.51. The molecule has 0 saturated carbocycles. The fourth-order valence-corrected chi connectivity index (χ4v) is 11.0. The summed E-state index contributed by atoms with van der Waals surface area (Å²) in [6.07, 6.45) is 5.02. The smallest absolute Gasteiger partial charge is 1.00 e. The minimum Gasteiger partial charge on any atom is -1.00 e. The van der Waals surface area contributed by atoms with Crippen molar-refractivity contribution < 1.29 is 48.0 Å². The van der Waals surface area contributed by atoms with Crippen LogP contribution in [0.5, 0.6) is 0 Å². The molecule has 0 saturated heterocycles. The number of allylic oxidation sites excluding steroid dienone is 2. The molecule has 0 radical (unpaired) electrons. The number of hydrogen-bond donors (Lipinski definition) is 0. The zero-order valence-electron chi connectivity index (χ0n) is 21.6. The minimum atomic E-state index is -1.02. The second kappa shape index (κ2) is 11.3. The van der Waals surface area contributed by atoms with E-state index in [0.29, 0.717) is 7.25 Å². The molecule has 0 aromatic heterocycles. The Bertz CT molecular complexity index is 1390. The monoisotopic (exact) mass is 598 g/mol. The minimum absolute atomic E-state index is 0. The Balaban J connectivity index is 0.00000160. The molecule has 4 aromatic carbocycles. The predicted octanol–water partition coefficient (Wildman–Crippen LogP) is 2.90. The van der Waals surface area contributed by atoms with Gasteiger partial charge in [0.2, 0.25) is 0 Å². The molecule has 2 atom stereocenters. The third-order valence-corrected chi connectivity index (χ3v) is 12.2. The Morgan fingerprint density at radius 3 is 1.27 bits per heavy atom. The zero-order chi connectivity index (χ0) is 24.1. The summed E-state index contributed by atoms with van der Waals surface area (Å²) in [7, 11) is 0. The van der Waals surface area contributed by atoms with E-state index in [4.69, 9.17) is 0 Å². The van der Waals surface area contributed by atoms with Crippen molar-refractivity contribution in [1.82, 2.24) is 0 Å². The van der Waals surface area contributed by atoms with Crippen molar-refractivity contribution in [3.8, 4) is 0 Å². The molecule has 2 aliphatic carbocycles. The number of halogens is 2. The van der Waals surface area contributed by atoms with Gasteiger partial charge >= 0.3 is 222 Å². The molecule has 0 N–H and O–H groups in total. The molecule has 0 heterocycles. The molecule has 2 aliphatic rings. The SMILES string of the molecule is Cc1cc(C)c2c(c1)[CH]([Zr+2][CH]1C(c3ccccc3)=Cc3c(C)cc(C)cc31)C(c1ccccc1)=C2.[Cl-].[Cl-]. The Morgan fingerprint density at radius 1 is 0.514 bits per heavy atom. The first-order valence-corrected chi connectivity index (χ1v) is 15.4. The maximum Gasteiger partial charge on any atom is -1.00 e. The summed E-state index contributed by atoms with van der Waals surface area (Å²) < 4.78 is 1.08. The van der Waals surface area contributed by atoms with Crippen LogP contribution in [-0.2, 0) is 23.2 Å². The molecule has 184 valence electrons. The molecule has 4 aromatic rings. The Morgan fingerprint density at radius 2 is 0.892 bits per heavy atom.